The van der Waals surface area contributed by atoms with E-state index in [1.807, 2.05) is 43.4 Å². The fourth-order valence-electron chi connectivity index (χ4n) is 3.78. The Hall–Kier alpha value is -2.66. The van der Waals surface area contributed by atoms with Gasteiger partial charge < -0.3 is 15.2 Å². The Kier molecular flexibility index (Phi) is 4.71. The zero-order valence-electron chi connectivity index (χ0n) is 15.0. The molecule has 1 amide bonds. The lowest BCUT2D eigenvalue weighted by atomic mass is 9.93. The molecule has 5 heteroatoms. The number of nitrogens with one attached hydrogen (secondary N) is 2. The van der Waals surface area contributed by atoms with Gasteiger partial charge in [-0.25, -0.2) is 4.98 Å². The second-order valence-electron chi connectivity index (χ2n) is 6.86. The molecular weight excluding hydrogens is 324 g/mol. The first-order valence-corrected chi connectivity index (χ1v) is 9.22. The highest BCUT2D eigenvalue weighted by Gasteiger charge is 2.21. The van der Waals surface area contributed by atoms with E-state index < -0.39 is 0 Å². The first-order valence-electron chi connectivity index (χ1n) is 9.22. The van der Waals surface area contributed by atoms with Crippen LogP contribution in [0.3, 0.4) is 0 Å². The monoisotopic (exact) mass is 348 g/mol. The van der Waals surface area contributed by atoms with Gasteiger partial charge in [0.1, 0.15) is 5.82 Å². The normalized spacial score (nSPS) is 16.9. The second kappa shape index (κ2) is 7.30. The van der Waals surface area contributed by atoms with Gasteiger partial charge in [-0.1, -0.05) is 30.3 Å². The first-order chi connectivity index (χ1) is 12.7. The summed E-state index contributed by atoms with van der Waals surface area (Å²) in [5, 5.41) is 6.45. The molecule has 2 aromatic carbocycles. The molecular formula is C21H24N4O. The zero-order chi connectivity index (χ0) is 17.9. The molecule has 1 atom stereocenters. The number of para-hydroxylation sites is 2. The number of rotatable bonds is 5. The molecule has 5 nitrogen and oxygen atoms in total. The van der Waals surface area contributed by atoms with Crippen LogP contribution in [-0.2, 0) is 13.5 Å². The highest BCUT2D eigenvalue weighted by molar-refractivity contribution is 5.95. The molecule has 1 aliphatic heterocycles. The van der Waals surface area contributed by atoms with Gasteiger partial charge in [-0.15, -0.1) is 0 Å². The average molecular weight is 348 g/mol. The highest BCUT2D eigenvalue weighted by atomic mass is 16.1. The Balaban J connectivity index is 1.43. The summed E-state index contributed by atoms with van der Waals surface area (Å²) < 4.78 is 2.10. The van der Waals surface area contributed by atoms with E-state index in [4.69, 9.17) is 0 Å². The van der Waals surface area contributed by atoms with Crippen LogP contribution in [0.25, 0.3) is 11.0 Å². The largest absolute Gasteiger partial charge is 0.352 e. The Morgan fingerprint density at radius 2 is 2.04 bits per heavy atom. The van der Waals surface area contributed by atoms with Crippen LogP contribution in [0.4, 0.5) is 0 Å². The lowest BCUT2D eigenvalue weighted by Crippen LogP contribution is -2.28. The summed E-state index contributed by atoms with van der Waals surface area (Å²) in [6.45, 7) is 2.55. The molecule has 2 N–H and O–H groups in total. The Bertz CT molecular complexity index is 925. The van der Waals surface area contributed by atoms with Crippen molar-refractivity contribution in [1.29, 1.82) is 0 Å². The minimum Gasteiger partial charge on any atom is -0.352 e. The van der Waals surface area contributed by atoms with Gasteiger partial charge in [-0.3, -0.25) is 4.79 Å². The third-order valence-corrected chi connectivity index (χ3v) is 5.22. The summed E-state index contributed by atoms with van der Waals surface area (Å²) in [6.07, 6.45) is 1.80. The Labute approximate surface area is 153 Å². The van der Waals surface area contributed by atoms with E-state index in [1.54, 1.807) is 0 Å². The van der Waals surface area contributed by atoms with E-state index in [0.29, 0.717) is 18.9 Å². The number of fused-ring (bicyclic) bond motifs is 1. The van der Waals surface area contributed by atoms with E-state index in [0.717, 1.165) is 47.5 Å². The van der Waals surface area contributed by atoms with Gasteiger partial charge in [-0.05, 0) is 42.6 Å². The van der Waals surface area contributed by atoms with E-state index in [1.165, 1.54) is 0 Å². The lowest BCUT2D eigenvalue weighted by molar-refractivity contribution is 0.0952. The molecule has 1 aromatic heterocycles. The van der Waals surface area contributed by atoms with E-state index in [-0.39, 0.29) is 5.91 Å². The highest BCUT2D eigenvalue weighted by Crippen LogP contribution is 2.25. The van der Waals surface area contributed by atoms with Crippen LogP contribution in [0.1, 0.15) is 34.1 Å². The van der Waals surface area contributed by atoms with Crippen molar-refractivity contribution in [2.24, 2.45) is 7.05 Å². The summed E-state index contributed by atoms with van der Waals surface area (Å²) in [5.41, 5.74) is 4.06. The standard InChI is InChI=1S/C21H24N4O/c1-25-19-9-5-4-8-18(19)24-20(25)11-13-23-21(26)17-7-3-2-6-16(17)15-10-12-22-14-15/h2-9,15,22H,10-14H2,1H3,(H,23,26)/t15-/m1/s1. The van der Waals surface area contributed by atoms with Crippen LogP contribution >= 0.6 is 0 Å². The molecule has 134 valence electrons. The fraction of sp³-hybridized carbons (Fsp3) is 0.333. The maximum Gasteiger partial charge on any atom is 0.251 e. The van der Waals surface area contributed by atoms with E-state index in [2.05, 4.69) is 32.3 Å². The number of amides is 1. The topological polar surface area (TPSA) is 59.0 Å². The number of benzene rings is 2. The molecule has 0 radical (unpaired) electrons. The number of aromatic nitrogens is 2. The molecule has 0 unspecified atom stereocenters. The van der Waals surface area contributed by atoms with Crippen LogP contribution < -0.4 is 10.6 Å². The van der Waals surface area contributed by atoms with Gasteiger partial charge in [0.2, 0.25) is 0 Å². The van der Waals surface area contributed by atoms with Gasteiger partial charge in [0, 0.05) is 32.1 Å². The molecule has 4 rings (SSSR count). The van der Waals surface area contributed by atoms with E-state index in [9.17, 15) is 4.79 Å². The molecule has 1 fully saturated rings. The maximum atomic E-state index is 12.7. The molecule has 0 spiro atoms. The minimum atomic E-state index is 0.00580. The summed E-state index contributed by atoms with van der Waals surface area (Å²) in [7, 11) is 2.02. The van der Waals surface area contributed by atoms with Crippen LogP contribution in [0.5, 0.6) is 0 Å². The lowest BCUT2D eigenvalue weighted by Gasteiger charge is -2.14. The summed E-state index contributed by atoms with van der Waals surface area (Å²) in [5.74, 6) is 1.42. The quantitative estimate of drug-likeness (QED) is 0.745. The van der Waals surface area contributed by atoms with Crippen molar-refractivity contribution < 1.29 is 4.79 Å². The molecule has 0 aliphatic carbocycles. The molecule has 0 bridgehead atoms. The average Bonchev–Trinajstić information content (AvgIpc) is 3.31. The smallest absolute Gasteiger partial charge is 0.251 e. The van der Waals surface area contributed by atoms with Gasteiger partial charge >= 0.3 is 0 Å². The third-order valence-electron chi connectivity index (χ3n) is 5.22. The predicted octanol–water partition coefficient (Wildman–Crippen LogP) is 2.62. The van der Waals surface area contributed by atoms with Crippen LogP contribution in [-0.4, -0.2) is 35.1 Å². The molecule has 1 saturated heterocycles. The van der Waals surface area contributed by atoms with Crippen LogP contribution in [0, 0.1) is 0 Å². The van der Waals surface area contributed by atoms with Gasteiger partial charge in [0.15, 0.2) is 0 Å². The number of hydrogen-bond donors (Lipinski definition) is 2. The number of imidazole rings is 1. The van der Waals surface area contributed by atoms with Crippen molar-refractivity contribution in [1.82, 2.24) is 20.2 Å². The summed E-state index contributed by atoms with van der Waals surface area (Å²) in [6, 6.07) is 16.1. The van der Waals surface area contributed by atoms with Crippen molar-refractivity contribution in [3.8, 4) is 0 Å². The molecule has 0 saturated carbocycles. The van der Waals surface area contributed by atoms with Crippen molar-refractivity contribution in [2.45, 2.75) is 18.8 Å². The Morgan fingerprint density at radius 1 is 1.23 bits per heavy atom. The zero-order valence-corrected chi connectivity index (χ0v) is 15.0. The maximum absolute atomic E-state index is 12.7. The number of carbonyl (C=O) groups is 1. The van der Waals surface area contributed by atoms with Crippen molar-refractivity contribution in [2.75, 3.05) is 19.6 Å². The van der Waals surface area contributed by atoms with Gasteiger partial charge in [0.25, 0.3) is 5.91 Å². The first kappa shape index (κ1) is 16.8. The fourth-order valence-corrected chi connectivity index (χ4v) is 3.78. The minimum absolute atomic E-state index is 0.00580. The molecule has 2 heterocycles. The number of nitrogens with zero attached hydrogens (tertiary/aromatic N) is 2. The predicted molar refractivity (Wildman–Crippen MR) is 103 cm³/mol. The van der Waals surface area contributed by atoms with Crippen LogP contribution in [0.15, 0.2) is 48.5 Å². The number of carbonyl (C=O) groups excluding carboxylic acids is 1. The van der Waals surface area contributed by atoms with Crippen molar-refractivity contribution in [3.63, 3.8) is 0 Å². The van der Waals surface area contributed by atoms with Crippen molar-refractivity contribution in [3.05, 3.63) is 65.5 Å². The molecule has 1 aliphatic rings. The van der Waals surface area contributed by atoms with Gasteiger partial charge in [-0.2, -0.15) is 0 Å². The number of aryl methyl sites for hydroxylation is 1. The SMILES string of the molecule is Cn1c(CCNC(=O)c2ccccc2[C@@H]2CCNC2)nc2ccccc21. The summed E-state index contributed by atoms with van der Waals surface area (Å²) in [4.78, 5) is 17.4. The van der Waals surface area contributed by atoms with Gasteiger partial charge in [0.05, 0.1) is 11.0 Å². The molecule has 26 heavy (non-hydrogen) atoms. The summed E-state index contributed by atoms with van der Waals surface area (Å²) >= 11 is 0. The second-order valence-corrected chi connectivity index (χ2v) is 6.86. The third kappa shape index (κ3) is 3.22. The number of hydrogen-bond acceptors (Lipinski definition) is 3. The Morgan fingerprint density at radius 3 is 2.85 bits per heavy atom. The van der Waals surface area contributed by atoms with E-state index >= 15 is 0 Å². The van der Waals surface area contributed by atoms with Crippen molar-refractivity contribution >= 4 is 16.9 Å². The molecule has 3 aromatic rings. The van der Waals surface area contributed by atoms with Crippen LogP contribution in [0.2, 0.25) is 0 Å².